The van der Waals surface area contributed by atoms with E-state index in [-0.39, 0.29) is 16.8 Å². The van der Waals surface area contributed by atoms with Crippen LogP contribution in [-0.2, 0) is 10.0 Å². The quantitative estimate of drug-likeness (QED) is 0.750. The first-order valence-electron chi connectivity index (χ1n) is 9.93. The van der Waals surface area contributed by atoms with Crippen molar-refractivity contribution in [3.8, 4) is 11.5 Å². The Hall–Kier alpha value is -2.58. The van der Waals surface area contributed by atoms with E-state index in [1.807, 2.05) is 6.92 Å². The Kier molecular flexibility index (Phi) is 6.67. The molecule has 0 aliphatic carbocycles. The maximum absolute atomic E-state index is 13.2. The van der Waals surface area contributed by atoms with Gasteiger partial charge in [-0.05, 0) is 56.5 Å². The summed E-state index contributed by atoms with van der Waals surface area (Å²) in [5.41, 5.74) is 1.53. The fourth-order valence-corrected chi connectivity index (χ4v) is 5.41. The van der Waals surface area contributed by atoms with Gasteiger partial charge in [0, 0.05) is 29.9 Å². The van der Waals surface area contributed by atoms with Crippen LogP contribution < -0.4 is 14.8 Å². The minimum absolute atomic E-state index is 0.0471. The van der Waals surface area contributed by atoms with Crippen LogP contribution in [0.5, 0.6) is 11.5 Å². The summed E-state index contributed by atoms with van der Waals surface area (Å²) in [6, 6.07) is 9.70. The first kappa shape index (κ1) is 22.1. The van der Waals surface area contributed by atoms with Crippen molar-refractivity contribution >= 4 is 21.6 Å². The molecule has 2 aromatic rings. The smallest absolute Gasteiger partial charge is 0.255 e. The minimum Gasteiger partial charge on any atom is -0.493 e. The molecule has 1 aliphatic heterocycles. The number of aryl methyl sites for hydroxylation is 1. The number of rotatable bonds is 6. The number of hydrogen-bond acceptors (Lipinski definition) is 5. The van der Waals surface area contributed by atoms with Gasteiger partial charge in [-0.1, -0.05) is 12.5 Å². The van der Waals surface area contributed by atoms with Gasteiger partial charge in [0.25, 0.3) is 5.91 Å². The number of piperidine rings is 1. The van der Waals surface area contributed by atoms with E-state index in [9.17, 15) is 13.2 Å². The molecule has 0 spiro atoms. The first-order chi connectivity index (χ1) is 14.3. The molecule has 1 saturated heterocycles. The van der Waals surface area contributed by atoms with Gasteiger partial charge >= 0.3 is 0 Å². The molecule has 0 radical (unpaired) electrons. The molecule has 3 rings (SSSR count). The zero-order valence-corrected chi connectivity index (χ0v) is 18.6. The van der Waals surface area contributed by atoms with Crippen LogP contribution in [-0.4, -0.2) is 45.4 Å². The summed E-state index contributed by atoms with van der Waals surface area (Å²) < 4.78 is 38.3. The van der Waals surface area contributed by atoms with Crippen LogP contribution in [0.4, 0.5) is 5.69 Å². The topological polar surface area (TPSA) is 84.9 Å². The Morgan fingerprint density at radius 1 is 1.07 bits per heavy atom. The molecular formula is C22H28N2O5S. The Labute approximate surface area is 178 Å². The summed E-state index contributed by atoms with van der Waals surface area (Å²) in [5.74, 6) is 0.654. The fraction of sp³-hybridized carbons (Fsp3) is 0.409. The Morgan fingerprint density at radius 3 is 2.47 bits per heavy atom. The van der Waals surface area contributed by atoms with Crippen LogP contribution >= 0.6 is 0 Å². The minimum atomic E-state index is -3.66. The second-order valence-corrected chi connectivity index (χ2v) is 9.35. The van der Waals surface area contributed by atoms with Crippen molar-refractivity contribution in [2.45, 2.75) is 44.0 Å². The van der Waals surface area contributed by atoms with E-state index in [1.165, 1.54) is 24.6 Å². The maximum Gasteiger partial charge on any atom is 0.255 e. The van der Waals surface area contributed by atoms with Crippen LogP contribution in [0, 0.1) is 6.92 Å². The van der Waals surface area contributed by atoms with Gasteiger partial charge in [-0.3, -0.25) is 4.79 Å². The van der Waals surface area contributed by atoms with E-state index in [1.54, 1.807) is 37.3 Å². The predicted molar refractivity (Wildman–Crippen MR) is 116 cm³/mol. The molecule has 0 saturated carbocycles. The van der Waals surface area contributed by atoms with Gasteiger partial charge in [0.05, 0.1) is 19.1 Å². The van der Waals surface area contributed by atoms with E-state index in [0.717, 1.165) is 19.3 Å². The molecule has 1 N–H and O–H groups in total. The number of nitrogens with one attached hydrogen (secondary N) is 1. The zero-order chi connectivity index (χ0) is 21.9. The largest absolute Gasteiger partial charge is 0.493 e. The highest BCUT2D eigenvalue weighted by atomic mass is 32.2. The summed E-state index contributed by atoms with van der Waals surface area (Å²) in [5, 5.41) is 2.81. The third-order valence-corrected chi connectivity index (χ3v) is 7.45. The number of benzene rings is 2. The number of methoxy groups -OCH3 is 2. The van der Waals surface area contributed by atoms with Gasteiger partial charge in [0.2, 0.25) is 10.0 Å². The van der Waals surface area contributed by atoms with Gasteiger partial charge in [0.15, 0.2) is 11.5 Å². The van der Waals surface area contributed by atoms with Crippen molar-refractivity contribution in [2.24, 2.45) is 0 Å². The molecule has 0 aromatic heterocycles. The van der Waals surface area contributed by atoms with Crippen LogP contribution in [0.25, 0.3) is 0 Å². The number of sulfonamides is 1. The molecule has 1 unspecified atom stereocenters. The molecule has 1 fully saturated rings. The normalized spacial score (nSPS) is 17.4. The second-order valence-electron chi connectivity index (χ2n) is 7.46. The molecule has 7 nitrogen and oxygen atoms in total. The Bertz CT molecular complexity index is 1040. The highest BCUT2D eigenvalue weighted by Gasteiger charge is 2.31. The van der Waals surface area contributed by atoms with E-state index in [0.29, 0.717) is 34.9 Å². The second kappa shape index (κ2) is 9.06. The van der Waals surface area contributed by atoms with E-state index in [2.05, 4.69) is 5.32 Å². The molecule has 1 atom stereocenters. The standard InChI is InChI=1S/C22H28N2O5S/c1-15-8-10-18(30(26,27)24-12-6-5-7-16(24)2)14-19(15)22(25)23-17-9-11-20(28-3)21(13-17)29-4/h8-11,13-14,16H,5-7,12H2,1-4H3,(H,23,25). The molecule has 1 aliphatic rings. The lowest BCUT2D eigenvalue weighted by Gasteiger charge is -2.32. The SMILES string of the molecule is COc1ccc(NC(=O)c2cc(S(=O)(=O)N3CCCCC3C)ccc2C)cc1OC. The van der Waals surface area contributed by atoms with E-state index >= 15 is 0 Å². The van der Waals surface area contributed by atoms with Gasteiger partial charge in [-0.25, -0.2) is 8.42 Å². The number of ether oxygens (including phenoxy) is 2. The lowest BCUT2D eigenvalue weighted by Crippen LogP contribution is -2.42. The van der Waals surface area contributed by atoms with Crippen LogP contribution in [0.15, 0.2) is 41.3 Å². The molecule has 0 bridgehead atoms. The lowest BCUT2D eigenvalue weighted by molar-refractivity contribution is 0.102. The summed E-state index contributed by atoms with van der Waals surface area (Å²) in [4.78, 5) is 13.1. The summed E-state index contributed by atoms with van der Waals surface area (Å²) in [6.07, 6.45) is 2.72. The average molecular weight is 433 g/mol. The van der Waals surface area contributed by atoms with Crippen molar-refractivity contribution in [3.05, 3.63) is 47.5 Å². The van der Waals surface area contributed by atoms with Crippen molar-refractivity contribution in [3.63, 3.8) is 0 Å². The highest BCUT2D eigenvalue weighted by Crippen LogP contribution is 2.30. The van der Waals surface area contributed by atoms with E-state index in [4.69, 9.17) is 9.47 Å². The number of amides is 1. The monoisotopic (exact) mass is 432 g/mol. The van der Waals surface area contributed by atoms with Crippen LogP contribution in [0.1, 0.15) is 42.1 Å². The Balaban J connectivity index is 1.89. The third kappa shape index (κ3) is 4.44. The molecule has 8 heteroatoms. The van der Waals surface area contributed by atoms with Crippen molar-refractivity contribution < 1.29 is 22.7 Å². The number of anilines is 1. The van der Waals surface area contributed by atoms with Gasteiger partial charge in [-0.2, -0.15) is 4.31 Å². The lowest BCUT2D eigenvalue weighted by atomic mass is 10.1. The number of nitrogens with zero attached hydrogens (tertiary/aromatic N) is 1. The predicted octanol–water partition coefficient (Wildman–Crippen LogP) is 3.83. The van der Waals surface area contributed by atoms with Crippen LogP contribution in [0.3, 0.4) is 0 Å². The Morgan fingerprint density at radius 2 is 1.80 bits per heavy atom. The molecule has 30 heavy (non-hydrogen) atoms. The zero-order valence-electron chi connectivity index (χ0n) is 17.8. The number of hydrogen-bond donors (Lipinski definition) is 1. The van der Waals surface area contributed by atoms with Gasteiger partial charge < -0.3 is 14.8 Å². The molecular weight excluding hydrogens is 404 g/mol. The molecule has 2 aromatic carbocycles. The van der Waals surface area contributed by atoms with Crippen molar-refractivity contribution in [2.75, 3.05) is 26.1 Å². The van der Waals surface area contributed by atoms with Crippen molar-refractivity contribution in [1.82, 2.24) is 4.31 Å². The van der Waals surface area contributed by atoms with Crippen LogP contribution in [0.2, 0.25) is 0 Å². The first-order valence-corrected chi connectivity index (χ1v) is 11.4. The number of carbonyl (C=O) groups excluding carboxylic acids is 1. The summed E-state index contributed by atoms with van der Waals surface area (Å²) in [7, 11) is -0.606. The molecule has 162 valence electrons. The van der Waals surface area contributed by atoms with Crippen molar-refractivity contribution in [1.29, 1.82) is 0 Å². The highest BCUT2D eigenvalue weighted by molar-refractivity contribution is 7.89. The maximum atomic E-state index is 13.2. The van der Waals surface area contributed by atoms with Gasteiger partial charge in [0.1, 0.15) is 0 Å². The molecule has 1 heterocycles. The number of carbonyl (C=O) groups is 1. The summed E-state index contributed by atoms with van der Waals surface area (Å²) in [6.45, 7) is 4.21. The third-order valence-electron chi connectivity index (χ3n) is 5.44. The van der Waals surface area contributed by atoms with E-state index < -0.39 is 10.0 Å². The molecule has 1 amide bonds. The van der Waals surface area contributed by atoms with Gasteiger partial charge in [-0.15, -0.1) is 0 Å². The fourth-order valence-electron chi connectivity index (χ4n) is 3.68. The summed E-state index contributed by atoms with van der Waals surface area (Å²) >= 11 is 0. The average Bonchev–Trinajstić information content (AvgIpc) is 2.73.